The number of guanidine groups is 2. The summed E-state index contributed by atoms with van der Waals surface area (Å²) in [5.74, 6) is 0.977. The van der Waals surface area contributed by atoms with Crippen LogP contribution in [0.3, 0.4) is 0 Å². The van der Waals surface area contributed by atoms with Gasteiger partial charge >= 0.3 is 0 Å². The smallest absolute Gasteiger partial charge is 0.243 e. The first kappa shape index (κ1) is 49.5. The first-order chi connectivity index (χ1) is 31.7. The van der Waals surface area contributed by atoms with E-state index in [0.29, 0.717) is 92.9 Å². The van der Waals surface area contributed by atoms with E-state index >= 15 is 0 Å². The van der Waals surface area contributed by atoms with Crippen molar-refractivity contribution in [1.29, 1.82) is 0 Å². The average Bonchev–Trinajstić information content (AvgIpc) is 3.77. The fourth-order valence-electron chi connectivity index (χ4n) is 10.1. The van der Waals surface area contributed by atoms with Gasteiger partial charge in [-0.15, -0.1) is 0 Å². The lowest BCUT2D eigenvalue weighted by molar-refractivity contribution is -0.143. The Kier molecular flexibility index (Phi) is 17.0. The number of aromatic nitrogens is 1. The van der Waals surface area contributed by atoms with Gasteiger partial charge in [0, 0.05) is 72.9 Å². The van der Waals surface area contributed by atoms with Crippen molar-refractivity contribution in [2.45, 2.75) is 158 Å². The molecular formula is C48H68Cl2N10O5S. The van der Waals surface area contributed by atoms with Crippen LogP contribution in [-0.2, 0) is 26.2 Å². The van der Waals surface area contributed by atoms with Crippen LogP contribution in [0.2, 0.25) is 10.0 Å². The van der Waals surface area contributed by atoms with Gasteiger partial charge in [0.1, 0.15) is 28.3 Å². The Hall–Kier alpha value is -4.38. The molecule has 0 radical (unpaired) electrons. The van der Waals surface area contributed by atoms with Crippen LogP contribution in [0, 0.1) is 13.8 Å². The number of nitrogens with two attached hydrogens (primary N) is 2. The van der Waals surface area contributed by atoms with Crippen molar-refractivity contribution in [2.75, 3.05) is 32.7 Å². The fraction of sp³-hybridized carbons (Fsp3) is 0.604. The zero-order chi connectivity index (χ0) is 46.8. The molecule has 3 aliphatic carbocycles. The molecule has 0 unspecified atom stereocenters. The largest absolute Gasteiger partial charge is 0.487 e. The molecule has 7 N–H and O–H groups in total. The summed E-state index contributed by atoms with van der Waals surface area (Å²) in [7, 11) is -4.33. The monoisotopic (exact) mass is 966 g/mol. The third kappa shape index (κ3) is 12.6. The Balaban J connectivity index is 0.971. The van der Waals surface area contributed by atoms with E-state index in [-0.39, 0.29) is 65.0 Å². The van der Waals surface area contributed by atoms with Crippen LogP contribution in [0.5, 0.6) is 5.75 Å². The number of carbonyl (C=O) groups is 2. The number of hydrogen-bond acceptors (Lipinski definition) is 8. The number of nitrogens with one attached hydrogen (secondary N) is 3. The van der Waals surface area contributed by atoms with Crippen LogP contribution >= 0.6 is 23.2 Å². The summed E-state index contributed by atoms with van der Waals surface area (Å²) >= 11 is 13.5. The molecule has 4 aliphatic rings. The predicted octanol–water partition coefficient (Wildman–Crippen LogP) is 7.01. The van der Waals surface area contributed by atoms with Crippen molar-refractivity contribution in [2.24, 2.45) is 21.5 Å². The number of carbonyl (C=O) groups excluding carboxylic acids is 2. The predicted molar refractivity (Wildman–Crippen MR) is 262 cm³/mol. The number of amides is 2. The molecule has 7 rings (SSSR count). The fourth-order valence-corrected chi connectivity index (χ4v) is 12.4. The standard InChI is InChI=1S/C48H68Cl2N10O5S/c1-32-29-33(2)54-44-37(32)18-11-19-40(44)65-31-38-39(49)20-21-41(43(38)50)66(63,64)58-48(22-9-10-23-48)45(62)60-27-25-59(26-28-60)42(61)30-36(57-47(52)56-35-15-7-4-8-16-35)17-12-24-53-46(51)55-34-13-5-3-6-14-34/h11,18-21,29,34-36,58H,3-10,12-17,22-28,30-31H2,1-2H3,(H3,51,53,55)(H3,52,56,57)/t36-/m0/s1. The number of pyridine rings is 1. The summed E-state index contributed by atoms with van der Waals surface area (Å²) < 4.78 is 37.6. The summed E-state index contributed by atoms with van der Waals surface area (Å²) in [4.78, 5) is 45.6. The SMILES string of the molecule is Cc1cc(C)c2cccc(OCc3c(Cl)ccc(S(=O)(=O)NC4(C(=O)N5CCN(C(=O)C[C@H](CCCN=C(N)NC6CCCCC6)NC(N)=NC6CCCCC6)CC5)CCCC4)c3Cl)c2n1. The number of fused-ring (bicyclic) bond motifs is 1. The number of para-hydroxylation sites is 1. The highest BCUT2D eigenvalue weighted by atomic mass is 35.5. The minimum absolute atomic E-state index is 0.0533. The van der Waals surface area contributed by atoms with E-state index in [1.165, 1.54) is 37.8 Å². The van der Waals surface area contributed by atoms with E-state index in [0.717, 1.165) is 55.2 Å². The van der Waals surface area contributed by atoms with Crippen molar-refractivity contribution < 1.29 is 22.7 Å². The second-order valence-electron chi connectivity index (χ2n) is 18.7. The number of piperazine rings is 1. The first-order valence-electron chi connectivity index (χ1n) is 24.0. The molecule has 3 aromatic rings. The van der Waals surface area contributed by atoms with Crippen LogP contribution in [-0.4, -0.2) is 103 Å². The van der Waals surface area contributed by atoms with Gasteiger partial charge in [0.15, 0.2) is 11.9 Å². The van der Waals surface area contributed by atoms with Gasteiger partial charge in [0.05, 0.1) is 11.1 Å². The molecule has 4 fully saturated rings. The molecule has 1 saturated heterocycles. The van der Waals surface area contributed by atoms with E-state index in [1.54, 1.807) is 15.9 Å². The number of rotatable bonds is 16. The molecule has 0 bridgehead atoms. The second-order valence-corrected chi connectivity index (χ2v) is 21.1. The Morgan fingerprint density at radius 3 is 2.30 bits per heavy atom. The molecule has 3 saturated carbocycles. The summed E-state index contributed by atoms with van der Waals surface area (Å²) in [6.45, 7) is 5.50. The molecule has 66 heavy (non-hydrogen) atoms. The zero-order valence-electron chi connectivity index (χ0n) is 38.6. The quantitative estimate of drug-likeness (QED) is 0.0563. The molecule has 2 aromatic carbocycles. The van der Waals surface area contributed by atoms with Crippen LogP contribution in [0.15, 0.2) is 51.3 Å². The molecule has 2 amide bonds. The van der Waals surface area contributed by atoms with Gasteiger partial charge in [-0.25, -0.2) is 13.4 Å². The van der Waals surface area contributed by atoms with Gasteiger partial charge in [-0.2, -0.15) is 4.72 Å². The normalized spacial score (nSPS) is 19.5. The van der Waals surface area contributed by atoms with Crippen molar-refractivity contribution >= 4 is 67.9 Å². The maximum Gasteiger partial charge on any atom is 0.243 e. The van der Waals surface area contributed by atoms with Crippen molar-refractivity contribution in [3.8, 4) is 5.75 Å². The number of benzene rings is 2. The van der Waals surface area contributed by atoms with Crippen LogP contribution < -0.4 is 31.6 Å². The topological polar surface area (TPSA) is 210 Å². The zero-order valence-corrected chi connectivity index (χ0v) is 40.9. The molecule has 1 aromatic heterocycles. The van der Waals surface area contributed by atoms with E-state index in [2.05, 4.69) is 25.3 Å². The number of hydrogen-bond donors (Lipinski definition) is 5. The van der Waals surface area contributed by atoms with Gasteiger partial charge < -0.3 is 36.6 Å². The minimum atomic E-state index is -4.33. The number of aliphatic imine (C=N–C) groups is 2. The lowest BCUT2D eigenvalue weighted by Crippen LogP contribution is -2.61. The van der Waals surface area contributed by atoms with Gasteiger partial charge in [0.25, 0.3) is 0 Å². The van der Waals surface area contributed by atoms with Gasteiger partial charge in [0.2, 0.25) is 21.8 Å². The third-order valence-electron chi connectivity index (χ3n) is 13.7. The molecule has 360 valence electrons. The molecule has 15 nitrogen and oxygen atoms in total. The third-order valence-corrected chi connectivity index (χ3v) is 16.2. The van der Waals surface area contributed by atoms with Crippen LogP contribution in [0.1, 0.15) is 126 Å². The summed E-state index contributed by atoms with van der Waals surface area (Å²) in [5.41, 5.74) is 14.2. The Bertz CT molecular complexity index is 2360. The first-order valence-corrected chi connectivity index (χ1v) is 26.2. The molecule has 18 heteroatoms. The van der Waals surface area contributed by atoms with E-state index < -0.39 is 15.6 Å². The average molecular weight is 968 g/mol. The highest BCUT2D eigenvalue weighted by molar-refractivity contribution is 7.89. The van der Waals surface area contributed by atoms with E-state index in [4.69, 9.17) is 44.4 Å². The summed E-state index contributed by atoms with van der Waals surface area (Å²) in [6, 6.07) is 10.8. The Labute approximate surface area is 400 Å². The lowest BCUT2D eigenvalue weighted by Gasteiger charge is -2.40. The Morgan fingerprint density at radius 2 is 1.59 bits per heavy atom. The lowest BCUT2D eigenvalue weighted by atomic mass is 9.96. The molecule has 0 spiro atoms. The maximum absolute atomic E-state index is 14.5. The number of nitrogens with zero attached hydrogens (tertiary/aromatic N) is 5. The van der Waals surface area contributed by atoms with E-state index in [9.17, 15) is 18.0 Å². The Morgan fingerprint density at radius 1 is 0.909 bits per heavy atom. The number of sulfonamides is 1. The van der Waals surface area contributed by atoms with Crippen LogP contribution in [0.25, 0.3) is 10.9 Å². The minimum Gasteiger partial charge on any atom is -0.487 e. The van der Waals surface area contributed by atoms with Crippen molar-refractivity contribution in [1.82, 2.24) is 30.1 Å². The molecule has 1 atom stereocenters. The number of aryl methyl sites for hydroxylation is 2. The van der Waals surface area contributed by atoms with Crippen molar-refractivity contribution in [3.63, 3.8) is 0 Å². The maximum atomic E-state index is 14.5. The van der Waals surface area contributed by atoms with Crippen molar-refractivity contribution in [3.05, 3.63) is 63.3 Å². The van der Waals surface area contributed by atoms with Gasteiger partial charge in [-0.3, -0.25) is 19.6 Å². The van der Waals surface area contributed by atoms with E-state index in [1.807, 2.05) is 32.0 Å². The molecule has 1 aliphatic heterocycles. The highest BCUT2D eigenvalue weighted by Gasteiger charge is 2.47. The van der Waals surface area contributed by atoms with Crippen LogP contribution in [0.4, 0.5) is 0 Å². The highest BCUT2D eigenvalue weighted by Crippen LogP contribution is 2.38. The second kappa shape index (κ2) is 22.6. The number of halogens is 2. The summed E-state index contributed by atoms with van der Waals surface area (Å²) in [6.07, 6.45) is 15.0. The number of ether oxygens (including phenoxy) is 1. The van der Waals surface area contributed by atoms with Gasteiger partial charge in [-0.05, 0) is 95.0 Å². The summed E-state index contributed by atoms with van der Waals surface area (Å²) in [5, 5.41) is 7.82. The molecular weight excluding hydrogens is 900 g/mol. The van der Waals surface area contributed by atoms with Gasteiger partial charge in [-0.1, -0.05) is 86.7 Å². The molecule has 2 heterocycles.